The van der Waals surface area contributed by atoms with E-state index in [0.717, 1.165) is 23.8 Å². The molecule has 0 radical (unpaired) electrons. The van der Waals surface area contributed by atoms with Crippen molar-refractivity contribution in [2.45, 2.75) is 30.8 Å². The van der Waals surface area contributed by atoms with Gasteiger partial charge in [0, 0.05) is 11.1 Å². The van der Waals surface area contributed by atoms with Gasteiger partial charge in [-0.1, -0.05) is 48.5 Å². The molecule has 2 aliphatic rings. The average Bonchev–Trinajstić information content (AvgIpc) is 3.30. The number of rotatable bonds is 4. The Kier molecular flexibility index (Phi) is 5.04. The lowest BCUT2D eigenvalue weighted by Gasteiger charge is -2.35. The molecule has 35 heavy (non-hydrogen) atoms. The number of fused-ring (bicyclic) bond motifs is 1. The highest BCUT2D eigenvalue weighted by atomic mass is 32.2. The van der Waals surface area contributed by atoms with Crippen molar-refractivity contribution >= 4 is 38.1 Å². The van der Waals surface area contributed by atoms with Crippen molar-refractivity contribution < 1.29 is 17.9 Å². The number of sulfonamides is 1. The molecule has 1 heterocycles. The molecule has 0 saturated heterocycles. The highest BCUT2D eigenvalue weighted by molar-refractivity contribution is 7.92. The minimum Gasteiger partial charge on any atom is -0.476 e. The fraction of sp³-hybridized carbons (Fsp3) is 0.179. The molecule has 0 aromatic heterocycles. The lowest BCUT2D eigenvalue weighted by molar-refractivity contribution is -0.122. The zero-order valence-corrected chi connectivity index (χ0v) is 20.0. The third-order valence-corrected chi connectivity index (χ3v) is 8.54. The summed E-state index contributed by atoms with van der Waals surface area (Å²) in [5.41, 5.74) is 4.61. The van der Waals surface area contributed by atoms with Crippen LogP contribution >= 0.6 is 0 Å². The Bertz CT molecular complexity index is 1570. The summed E-state index contributed by atoms with van der Waals surface area (Å²) in [6.45, 7) is 1.77. The van der Waals surface area contributed by atoms with E-state index >= 15 is 0 Å². The number of aryl methyl sites for hydroxylation is 3. The predicted octanol–water partition coefficient (Wildman–Crippen LogP) is 4.84. The summed E-state index contributed by atoms with van der Waals surface area (Å²) in [5, 5.41) is 5.20. The molecule has 0 bridgehead atoms. The molecular weight excluding hydrogens is 460 g/mol. The molecule has 176 valence electrons. The van der Waals surface area contributed by atoms with Crippen LogP contribution in [0.1, 0.15) is 16.7 Å². The Morgan fingerprint density at radius 3 is 2.51 bits per heavy atom. The van der Waals surface area contributed by atoms with Crippen molar-refractivity contribution in [3.8, 4) is 5.75 Å². The van der Waals surface area contributed by atoms with Crippen LogP contribution in [0.3, 0.4) is 0 Å². The average molecular weight is 485 g/mol. The normalized spacial score (nSPS) is 16.6. The summed E-state index contributed by atoms with van der Waals surface area (Å²) in [5.74, 6) is -0.0135. The standard InChI is InChI=1S/C28H24N2O4S/c1-18-10-15-24-25(16-18)34-26(17-30(24)35(32,33)21-7-3-2-4-8-21)28(31)29-23-14-13-20-12-11-19-6-5-9-22(23)27(19)20/h2-10,13-16,26H,11-12,17H2,1H3,(H,29,31). The van der Waals surface area contributed by atoms with Crippen LogP contribution in [0.4, 0.5) is 11.4 Å². The van der Waals surface area contributed by atoms with Crippen molar-refractivity contribution in [2.24, 2.45) is 0 Å². The summed E-state index contributed by atoms with van der Waals surface area (Å²) in [6.07, 6.45) is 0.988. The second kappa shape index (κ2) is 8.13. The van der Waals surface area contributed by atoms with Crippen molar-refractivity contribution in [3.63, 3.8) is 0 Å². The van der Waals surface area contributed by atoms with Gasteiger partial charge in [0.2, 0.25) is 0 Å². The summed E-state index contributed by atoms with van der Waals surface area (Å²) < 4.78 is 34.5. The van der Waals surface area contributed by atoms with E-state index in [2.05, 4.69) is 17.4 Å². The predicted molar refractivity (Wildman–Crippen MR) is 137 cm³/mol. The van der Waals surface area contributed by atoms with Crippen LogP contribution in [0.25, 0.3) is 10.8 Å². The van der Waals surface area contributed by atoms with Gasteiger partial charge < -0.3 is 10.1 Å². The van der Waals surface area contributed by atoms with Gasteiger partial charge >= 0.3 is 0 Å². The number of benzene rings is 4. The summed E-state index contributed by atoms with van der Waals surface area (Å²) in [6, 6.07) is 23.7. The van der Waals surface area contributed by atoms with E-state index in [0.29, 0.717) is 17.1 Å². The second-order valence-corrected chi connectivity index (χ2v) is 10.9. The van der Waals surface area contributed by atoms with E-state index in [9.17, 15) is 13.2 Å². The first-order valence-corrected chi connectivity index (χ1v) is 13.1. The number of hydrogen-bond acceptors (Lipinski definition) is 4. The van der Waals surface area contributed by atoms with Crippen LogP contribution in [-0.4, -0.2) is 27.0 Å². The Labute approximate surface area is 204 Å². The minimum absolute atomic E-state index is 0.125. The topological polar surface area (TPSA) is 75.7 Å². The summed E-state index contributed by atoms with van der Waals surface area (Å²) in [4.78, 5) is 13.6. The van der Waals surface area contributed by atoms with E-state index < -0.39 is 16.1 Å². The number of anilines is 2. The van der Waals surface area contributed by atoms with Gasteiger partial charge in [-0.25, -0.2) is 8.42 Å². The fourth-order valence-corrected chi connectivity index (χ4v) is 6.51. The lowest BCUT2D eigenvalue weighted by atomic mass is 10.0. The molecule has 1 atom stereocenters. The Morgan fingerprint density at radius 1 is 0.943 bits per heavy atom. The van der Waals surface area contributed by atoms with E-state index in [1.165, 1.54) is 20.8 Å². The molecule has 0 spiro atoms. The van der Waals surface area contributed by atoms with Gasteiger partial charge in [0.25, 0.3) is 15.9 Å². The van der Waals surface area contributed by atoms with Crippen molar-refractivity contribution in [2.75, 3.05) is 16.2 Å². The van der Waals surface area contributed by atoms with Crippen LogP contribution < -0.4 is 14.4 Å². The molecule has 1 unspecified atom stereocenters. The number of nitrogens with zero attached hydrogens (tertiary/aromatic N) is 1. The van der Waals surface area contributed by atoms with Crippen LogP contribution in [0, 0.1) is 6.92 Å². The third-order valence-electron chi connectivity index (χ3n) is 6.74. The first-order valence-electron chi connectivity index (χ1n) is 11.6. The van der Waals surface area contributed by atoms with Gasteiger partial charge in [-0.05, 0) is 72.2 Å². The van der Waals surface area contributed by atoms with Gasteiger partial charge in [0.1, 0.15) is 5.75 Å². The minimum atomic E-state index is -3.89. The number of carbonyl (C=O) groups excluding carboxylic acids is 1. The van der Waals surface area contributed by atoms with Gasteiger partial charge in [-0.2, -0.15) is 0 Å². The zero-order chi connectivity index (χ0) is 24.2. The summed E-state index contributed by atoms with van der Waals surface area (Å²) in [7, 11) is -3.89. The van der Waals surface area contributed by atoms with Crippen LogP contribution in [0.5, 0.6) is 5.75 Å². The van der Waals surface area contributed by atoms with Gasteiger partial charge in [-0.3, -0.25) is 9.10 Å². The molecule has 6 rings (SSSR count). The van der Waals surface area contributed by atoms with Crippen molar-refractivity contribution in [3.05, 3.63) is 95.6 Å². The number of nitrogens with one attached hydrogen (secondary N) is 1. The molecule has 4 aromatic carbocycles. The quantitative estimate of drug-likeness (QED) is 0.450. The number of hydrogen-bond donors (Lipinski definition) is 1. The van der Waals surface area contributed by atoms with Gasteiger partial charge in [-0.15, -0.1) is 0 Å². The van der Waals surface area contributed by atoms with E-state index in [4.69, 9.17) is 4.74 Å². The number of ether oxygens (including phenoxy) is 1. The first-order chi connectivity index (χ1) is 16.9. The molecule has 4 aromatic rings. The van der Waals surface area contributed by atoms with E-state index in [-0.39, 0.29) is 17.3 Å². The summed E-state index contributed by atoms with van der Waals surface area (Å²) >= 11 is 0. The zero-order valence-electron chi connectivity index (χ0n) is 19.2. The van der Waals surface area contributed by atoms with Gasteiger partial charge in [0.05, 0.1) is 17.1 Å². The lowest BCUT2D eigenvalue weighted by Crippen LogP contribution is -2.48. The number of carbonyl (C=O) groups is 1. The van der Waals surface area contributed by atoms with Crippen LogP contribution in [-0.2, 0) is 27.7 Å². The molecule has 1 amide bonds. The van der Waals surface area contributed by atoms with E-state index in [1.807, 2.05) is 31.2 Å². The third kappa shape index (κ3) is 3.63. The maximum absolute atomic E-state index is 13.6. The molecule has 1 aliphatic heterocycles. The van der Waals surface area contributed by atoms with Crippen LogP contribution in [0.2, 0.25) is 0 Å². The highest BCUT2D eigenvalue weighted by Gasteiger charge is 2.37. The number of amides is 1. The fourth-order valence-electron chi connectivity index (χ4n) is 5.01. The highest BCUT2D eigenvalue weighted by Crippen LogP contribution is 2.39. The largest absolute Gasteiger partial charge is 0.476 e. The molecule has 1 N–H and O–H groups in total. The molecule has 0 fully saturated rings. The maximum atomic E-state index is 13.6. The second-order valence-electron chi connectivity index (χ2n) is 9.03. The first kappa shape index (κ1) is 21.7. The van der Waals surface area contributed by atoms with Crippen LogP contribution in [0.15, 0.2) is 83.8 Å². The van der Waals surface area contributed by atoms with Crippen molar-refractivity contribution in [1.82, 2.24) is 0 Å². The molecular formula is C28H24N2O4S. The molecule has 0 saturated carbocycles. The maximum Gasteiger partial charge on any atom is 0.267 e. The van der Waals surface area contributed by atoms with E-state index in [1.54, 1.807) is 42.5 Å². The van der Waals surface area contributed by atoms with Crippen molar-refractivity contribution in [1.29, 1.82) is 0 Å². The smallest absolute Gasteiger partial charge is 0.267 e. The Morgan fingerprint density at radius 2 is 1.71 bits per heavy atom. The molecule has 1 aliphatic carbocycles. The monoisotopic (exact) mass is 484 g/mol. The molecule has 6 nitrogen and oxygen atoms in total. The Hall–Kier alpha value is -3.84. The Balaban J connectivity index is 1.36. The molecule has 7 heteroatoms. The van der Waals surface area contributed by atoms with Gasteiger partial charge in [0.15, 0.2) is 6.10 Å². The SMILES string of the molecule is Cc1ccc2c(c1)OC(C(=O)Nc1ccc3c4c(cccc14)CC3)CN2S(=O)(=O)c1ccccc1.